The zero-order valence-electron chi connectivity index (χ0n) is 12.5. The number of nitrogens with one attached hydrogen (secondary N) is 1. The van der Waals surface area contributed by atoms with Crippen LogP contribution in [-0.4, -0.2) is 21.5 Å². The highest BCUT2D eigenvalue weighted by Gasteiger charge is 2.32. The Bertz CT molecular complexity index is 812. The van der Waals surface area contributed by atoms with E-state index in [0.29, 0.717) is 18.8 Å². The monoisotopic (exact) mass is 376 g/mol. The summed E-state index contributed by atoms with van der Waals surface area (Å²) in [5.41, 5.74) is -0.449. The Kier molecular flexibility index (Phi) is 4.48. The number of anilines is 2. The van der Waals surface area contributed by atoms with E-state index in [-0.39, 0.29) is 9.90 Å². The number of halogens is 3. The van der Waals surface area contributed by atoms with Crippen molar-refractivity contribution in [1.29, 1.82) is 0 Å². The van der Waals surface area contributed by atoms with Crippen LogP contribution in [-0.2, 0) is 16.2 Å². The van der Waals surface area contributed by atoms with Crippen molar-refractivity contribution in [2.45, 2.75) is 23.2 Å². The molecule has 2 heterocycles. The largest absolute Gasteiger partial charge is 0.416 e. The van der Waals surface area contributed by atoms with Gasteiger partial charge in [0, 0.05) is 13.1 Å². The number of hydrogen-bond donors (Lipinski definition) is 1. The highest BCUT2D eigenvalue weighted by molar-refractivity contribution is 7.94. The second-order valence-electron chi connectivity index (χ2n) is 5.46. The van der Waals surface area contributed by atoms with Crippen LogP contribution in [0.5, 0.6) is 0 Å². The van der Waals surface area contributed by atoms with E-state index in [1.807, 2.05) is 4.90 Å². The van der Waals surface area contributed by atoms with Crippen LogP contribution < -0.4 is 9.62 Å². The van der Waals surface area contributed by atoms with Crippen LogP contribution in [0.1, 0.15) is 18.4 Å². The standard InChI is InChI=1S/C15H15F3N2O2S2/c16-15(17,18)11-5-6-13(20-7-1-2-8-20)12(10-11)19-24(21,22)14-4-3-9-23-14/h3-6,9-10,19H,1-2,7-8H2. The summed E-state index contributed by atoms with van der Waals surface area (Å²) in [4.78, 5) is 1.90. The molecule has 0 amide bonds. The zero-order chi connectivity index (χ0) is 17.4. The molecule has 1 saturated heterocycles. The summed E-state index contributed by atoms with van der Waals surface area (Å²) >= 11 is 1.01. The average molecular weight is 376 g/mol. The van der Waals surface area contributed by atoms with Crippen molar-refractivity contribution in [3.05, 3.63) is 41.3 Å². The van der Waals surface area contributed by atoms with E-state index < -0.39 is 21.8 Å². The van der Waals surface area contributed by atoms with E-state index in [0.717, 1.165) is 36.3 Å². The van der Waals surface area contributed by atoms with Crippen LogP contribution in [0.2, 0.25) is 0 Å². The molecule has 1 aliphatic rings. The summed E-state index contributed by atoms with van der Waals surface area (Å²) in [6.07, 6.45) is -2.68. The highest BCUT2D eigenvalue weighted by atomic mass is 32.2. The van der Waals surface area contributed by atoms with Gasteiger partial charge in [0.05, 0.1) is 16.9 Å². The lowest BCUT2D eigenvalue weighted by molar-refractivity contribution is -0.137. The summed E-state index contributed by atoms with van der Waals surface area (Å²) in [6.45, 7) is 1.39. The Morgan fingerprint density at radius 2 is 1.83 bits per heavy atom. The lowest BCUT2D eigenvalue weighted by Crippen LogP contribution is -2.21. The molecule has 1 N–H and O–H groups in total. The average Bonchev–Trinajstić information content (AvgIpc) is 3.20. The first-order chi connectivity index (χ1) is 11.3. The maximum atomic E-state index is 13.0. The topological polar surface area (TPSA) is 49.4 Å². The van der Waals surface area contributed by atoms with Gasteiger partial charge in [0.1, 0.15) is 4.21 Å². The molecule has 0 spiro atoms. The molecule has 1 fully saturated rings. The van der Waals surface area contributed by atoms with Crippen LogP contribution in [0.15, 0.2) is 39.9 Å². The lowest BCUT2D eigenvalue weighted by Gasteiger charge is -2.23. The molecule has 0 radical (unpaired) electrons. The number of benzene rings is 1. The van der Waals surface area contributed by atoms with E-state index in [9.17, 15) is 21.6 Å². The van der Waals surface area contributed by atoms with Gasteiger partial charge in [-0.25, -0.2) is 8.42 Å². The molecule has 0 unspecified atom stereocenters. The Balaban J connectivity index is 2.02. The van der Waals surface area contributed by atoms with Crippen LogP contribution in [0.3, 0.4) is 0 Å². The first-order valence-corrected chi connectivity index (χ1v) is 9.66. The molecule has 4 nitrogen and oxygen atoms in total. The number of hydrogen-bond acceptors (Lipinski definition) is 4. The van der Waals surface area contributed by atoms with Crippen molar-refractivity contribution in [2.24, 2.45) is 0 Å². The van der Waals surface area contributed by atoms with Gasteiger partial charge in [-0.1, -0.05) is 6.07 Å². The normalized spacial score (nSPS) is 15.7. The van der Waals surface area contributed by atoms with Gasteiger partial charge in [-0.2, -0.15) is 13.2 Å². The maximum absolute atomic E-state index is 13.0. The first kappa shape index (κ1) is 17.1. The SMILES string of the molecule is O=S(=O)(Nc1cc(C(F)(F)F)ccc1N1CCCC1)c1cccs1. The number of rotatable bonds is 4. The molecule has 2 aromatic rings. The Morgan fingerprint density at radius 3 is 2.42 bits per heavy atom. The van der Waals surface area contributed by atoms with Gasteiger partial charge in [-0.05, 0) is 42.5 Å². The van der Waals surface area contributed by atoms with Crippen molar-refractivity contribution < 1.29 is 21.6 Å². The van der Waals surface area contributed by atoms with Crippen molar-refractivity contribution in [1.82, 2.24) is 0 Å². The number of sulfonamides is 1. The van der Waals surface area contributed by atoms with E-state index in [4.69, 9.17) is 0 Å². The Labute approximate surface area is 142 Å². The summed E-state index contributed by atoms with van der Waals surface area (Å²) in [6, 6.07) is 6.17. The van der Waals surface area contributed by atoms with Crippen molar-refractivity contribution >= 4 is 32.7 Å². The fourth-order valence-corrected chi connectivity index (χ4v) is 4.70. The molecule has 1 aliphatic heterocycles. The van der Waals surface area contributed by atoms with E-state index in [1.54, 1.807) is 11.4 Å². The number of nitrogens with zero attached hydrogens (tertiary/aromatic N) is 1. The first-order valence-electron chi connectivity index (χ1n) is 7.30. The van der Waals surface area contributed by atoms with Gasteiger partial charge in [0.15, 0.2) is 0 Å². The second-order valence-corrected chi connectivity index (χ2v) is 8.32. The zero-order valence-corrected chi connectivity index (χ0v) is 14.1. The lowest BCUT2D eigenvalue weighted by atomic mass is 10.1. The Morgan fingerprint density at radius 1 is 1.12 bits per heavy atom. The fraction of sp³-hybridized carbons (Fsp3) is 0.333. The van der Waals surface area contributed by atoms with Gasteiger partial charge in [0.2, 0.25) is 0 Å². The summed E-state index contributed by atoms with van der Waals surface area (Å²) in [5, 5.41) is 1.60. The van der Waals surface area contributed by atoms with Gasteiger partial charge in [-0.15, -0.1) is 11.3 Å². The van der Waals surface area contributed by atoms with Crippen LogP contribution in [0, 0.1) is 0 Å². The van der Waals surface area contributed by atoms with Gasteiger partial charge in [-0.3, -0.25) is 4.72 Å². The van der Waals surface area contributed by atoms with Crippen LogP contribution in [0.4, 0.5) is 24.5 Å². The molecule has 0 atom stereocenters. The Hall–Kier alpha value is -1.74. The predicted molar refractivity (Wildman–Crippen MR) is 88.0 cm³/mol. The minimum Gasteiger partial charge on any atom is -0.370 e. The minimum atomic E-state index is -4.54. The molecule has 24 heavy (non-hydrogen) atoms. The van der Waals surface area contributed by atoms with Gasteiger partial charge in [0.25, 0.3) is 10.0 Å². The molecule has 9 heteroatoms. The highest BCUT2D eigenvalue weighted by Crippen LogP contribution is 2.37. The number of thiophene rings is 1. The fourth-order valence-electron chi connectivity index (χ4n) is 2.64. The van der Waals surface area contributed by atoms with Crippen molar-refractivity contribution in [2.75, 3.05) is 22.7 Å². The summed E-state index contributed by atoms with van der Waals surface area (Å²) in [5.74, 6) is 0. The predicted octanol–water partition coefficient (Wildman–Crippen LogP) is 4.17. The number of alkyl halides is 3. The van der Waals surface area contributed by atoms with Crippen LogP contribution in [0.25, 0.3) is 0 Å². The molecule has 1 aromatic heterocycles. The molecular weight excluding hydrogens is 361 g/mol. The van der Waals surface area contributed by atoms with E-state index in [2.05, 4.69) is 4.72 Å². The maximum Gasteiger partial charge on any atom is 0.416 e. The molecular formula is C15H15F3N2O2S2. The molecule has 1 aromatic carbocycles. The quantitative estimate of drug-likeness (QED) is 0.871. The van der Waals surface area contributed by atoms with Gasteiger partial charge >= 0.3 is 6.18 Å². The molecule has 3 rings (SSSR count). The third-order valence-electron chi connectivity index (χ3n) is 3.77. The smallest absolute Gasteiger partial charge is 0.370 e. The third kappa shape index (κ3) is 3.51. The summed E-state index contributed by atoms with van der Waals surface area (Å²) in [7, 11) is -3.91. The van der Waals surface area contributed by atoms with E-state index >= 15 is 0 Å². The molecule has 130 valence electrons. The van der Waals surface area contributed by atoms with E-state index in [1.165, 1.54) is 12.1 Å². The summed E-state index contributed by atoms with van der Waals surface area (Å²) < 4.78 is 66.1. The van der Waals surface area contributed by atoms with Crippen molar-refractivity contribution in [3.8, 4) is 0 Å². The third-order valence-corrected chi connectivity index (χ3v) is 6.54. The van der Waals surface area contributed by atoms with Crippen molar-refractivity contribution in [3.63, 3.8) is 0 Å². The molecule has 0 aliphatic carbocycles. The molecule has 0 saturated carbocycles. The second kappa shape index (κ2) is 6.29. The van der Waals surface area contributed by atoms with Crippen LogP contribution >= 0.6 is 11.3 Å². The van der Waals surface area contributed by atoms with Gasteiger partial charge < -0.3 is 4.90 Å². The minimum absolute atomic E-state index is 0.0416. The molecule has 0 bridgehead atoms.